The number of fused-ring (bicyclic) bond motifs is 1. The van der Waals surface area contributed by atoms with Crippen molar-refractivity contribution in [1.82, 2.24) is 9.80 Å². The Kier molecular flexibility index (Phi) is 5.76. The average molecular weight is 353 g/mol. The molecule has 2 aromatic carbocycles. The summed E-state index contributed by atoms with van der Waals surface area (Å²) >= 11 is 0. The molecule has 0 spiro atoms. The SMILES string of the molecule is CCN(CC)C(=O)C1CCN(C(=O)Nc2cccc3ccccc23)CC1. The van der Waals surface area contributed by atoms with E-state index in [1.165, 1.54) is 0 Å². The van der Waals surface area contributed by atoms with Crippen molar-refractivity contribution < 1.29 is 9.59 Å². The first-order valence-electron chi connectivity index (χ1n) is 9.46. The van der Waals surface area contributed by atoms with Crippen molar-refractivity contribution in [3.05, 3.63) is 42.5 Å². The molecule has 1 fully saturated rings. The molecule has 0 unspecified atom stereocenters. The molecule has 1 aliphatic rings. The predicted molar refractivity (Wildman–Crippen MR) is 105 cm³/mol. The number of amides is 3. The van der Waals surface area contributed by atoms with E-state index in [0.29, 0.717) is 13.1 Å². The summed E-state index contributed by atoms with van der Waals surface area (Å²) in [6.45, 7) is 6.75. The zero-order valence-electron chi connectivity index (χ0n) is 15.6. The Bertz CT molecular complexity index is 772. The Morgan fingerprint density at radius 3 is 2.38 bits per heavy atom. The van der Waals surface area contributed by atoms with Gasteiger partial charge >= 0.3 is 6.03 Å². The van der Waals surface area contributed by atoms with Crippen molar-refractivity contribution >= 4 is 28.4 Å². The first-order valence-corrected chi connectivity index (χ1v) is 9.46. The van der Waals surface area contributed by atoms with Crippen LogP contribution in [0.5, 0.6) is 0 Å². The maximum Gasteiger partial charge on any atom is 0.321 e. The molecule has 1 N–H and O–H groups in total. The molecule has 3 amide bonds. The highest BCUT2D eigenvalue weighted by atomic mass is 16.2. The lowest BCUT2D eigenvalue weighted by Crippen LogP contribution is -2.45. The minimum atomic E-state index is -0.0879. The maximum atomic E-state index is 12.7. The number of urea groups is 1. The van der Waals surface area contributed by atoms with Crippen molar-refractivity contribution in [2.45, 2.75) is 26.7 Å². The topological polar surface area (TPSA) is 52.7 Å². The molecule has 5 nitrogen and oxygen atoms in total. The molecular weight excluding hydrogens is 326 g/mol. The van der Waals surface area contributed by atoms with Crippen LogP contribution < -0.4 is 5.32 Å². The average Bonchev–Trinajstić information content (AvgIpc) is 2.69. The van der Waals surface area contributed by atoms with E-state index in [1.54, 1.807) is 0 Å². The van der Waals surface area contributed by atoms with E-state index >= 15 is 0 Å². The van der Waals surface area contributed by atoms with Gasteiger partial charge in [0.25, 0.3) is 0 Å². The summed E-state index contributed by atoms with van der Waals surface area (Å²) in [5.41, 5.74) is 0.828. The van der Waals surface area contributed by atoms with Crippen LogP contribution in [-0.4, -0.2) is 47.9 Å². The van der Waals surface area contributed by atoms with Crippen LogP contribution in [0.1, 0.15) is 26.7 Å². The van der Waals surface area contributed by atoms with Gasteiger partial charge < -0.3 is 15.1 Å². The zero-order valence-corrected chi connectivity index (χ0v) is 15.6. The number of carbonyl (C=O) groups excluding carboxylic acids is 2. The van der Waals surface area contributed by atoms with Gasteiger partial charge in [0.15, 0.2) is 0 Å². The Labute approximate surface area is 155 Å². The molecule has 0 saturated carbocycles. The van der Waals surface area contributed by atoms with Gasteiger partial charge in [0, 0.05) is 37.5 Å². The first kappa shape index (κ1) is 18.2. The number of hydrogen-bond donors (Lipinski definition) is 1. The van der Waals surface area contributed by atoms with Crippen LogP contribution in [0.2, 0.25) is 0 Å². The fourth-order valence-corrected chi connectivity index (χ4v) is 3.65. The van der Waals surface area contributed by atoms with Crippen molar-refractivity contribution in [3.63, 3.8) is 0 Å². The van der Waals surface area contributed by atoms with Gasteiger partial charge in [-0.05, 0) is 38.1 Å². The highest BCUT2D eigenvalue weighted by molar-refractivity contribution is 6.01. The van der Waals surface area contributed by atoms with Crippen molar-refractivity contribution in [2.24, 2.45) is 5.92 Å². The summed E-state index contributed by atoms with van der Waals surface area (Å²) in [7, 11) is 0. The third kappa shape index (κ3) is 3.82. The van der Waals surface area contributed by atoms with Crippen LogP contribution in [0.15, 0.2) is 42.5 Å². The molecule has 0 bridgehead atoms. The Balaban J connectivity index is 1.61. The second kappa shape index (κ2) is 8.21. The second-order valence-electron chi connectivity index (χ2n) is 6.73. The smallest absolute Gasteiger partial charge is 0.321 e. The normalized spacial score (nSPS) is 15.1. The van der Waals surface area contributed by atoms with E-state index in [9.17, 15) is 9.59 Å². The summed E-state index contributed by atoms with van der Waals surface area (Å²) in [6.07, 6.45) is 1.47. The van der Waals surface area contributed by atoms with Gasteiger partial charge in [0.1, 0.15) is 0 Å². The van der Waals surface area contributed by atoms with E-state index in [0.717, 1.165) is 42.4 Å². The van der Waals surface area contributed by atoms with Gasteiger partial charge in [-0.3, -0.25) is 4.79 Å². The number of rotatable bonds is 4. The first-order chi connectivity index (χ1) is 12.6. The number of piperidine rings is 1. The lowest BCUT2D eigenvalue weighted by atomic mass is 9.95. The standard InChI is InChI=1S/C21H27N3O2/c1-3-23(4-2)20(25)17-12-14-24(15-13-17)21(26)22-19-11-7-9-16-8-5-6-10-18(16)19/h5-11,17H,3-4,12-15H2,1-2H3,(H,22,26). The van der Waals surface area contributed by atoms with E-state index in [1.807, 2.05) is 66.1 Å². The van der Waals surface area contributed by atoms with Gasteiger partial charge in [0.2, 0.25) is 5.91 Å². The Hall–Kier alpha value is -2.56. The number of nitrogens with one attached hydrogen (secondary N) is 1. The zero-order chi connectivity index (χ0) is 18.5. The number of likely N-dealkylation sites (tertiary alicyclic amines) is 1. The summed E-state index contributed by atoms with van der Waals surface area (Å²) in [5, 5.41) is 5.18. The summed E-state index contributed by atoms with van der Waals surface area (Å²) < 4.78 is 0. The predicted octanol–water partition coefficient (Wildman–Crippen LogP) is 3.95. The fourth-order valence-electron chi connectivity index (χ4n) is 3.65. The van der Waals surface area contributed by atoms with Crippen molar-refractivity contribution in [1.29, 1.82) is 0 Å². The monoisotopic (exact) mass is 353 g/mol. The lowest BCUT2D eigenvalue weighted by Gasteiger charge is -2.33. The highest BCUT2D eigenvalue weighted by Gasteiger charge is 2.29. The van der Waals surface area contributed by atoms with Gasteiger partial charge in [-0.1, -0.05) is 36.4 Å². The molecule has 1 saturated heterocycles. The summed E-state index contributed by atoms with van der Waals surface area (Å²) in [4.78, 5) is 28.8. The van der Waals surface area contributed by atoms with Gasteiger partial charge in [0.05, 0.1) is 5.69 Å². The highest BCUT2D eigenvalue weighted by Crippen LogP contribution is 2.25. The quantitative estimate of drug-likeness (QED) is 0.905. The molecular formula is C21H27N3O2. The number of benzene rings is 2. The molecule has 26 heavy (non-hydrogen) atoms. The van der Waals surface area contributed by atoms with Crippen molar-refractivity contribution in [2.75, 3.05) is 31.5 Å². The van der Waals surface area contributed by atoms with Crippen molar-refractivity contribution in [3.8, 4) is 0 Å². The van der Waals surface area contributed by atoms with Crippen LogP contribution >= 0.6 is 0 Å². The lowest BCUT2D eigenvalue weighted by molar-refractivity contribution is -0.136. The third-order valence-electron chi connectivity index (χ3n) is 5.24. The Morgan fingerprint density at radius 1 is 1.04 bits per heavy atom. The molecule has 138 valence electrons. The molecule has 1 aliphatic heterocycles. The van der Waals surface area contributed by atoms with Gasteiger partial charge in [-0.2, -0.15) is 0 Å². The molecule has 2 aromatic rings. The number of hydrogen-bond acceptors (Lipinski definition) is 2. The number of carbonyl (C=O) groups is 2. The molecule has 0 aromatic heterocycles. The minimum Gasteiger partial charge on any atom is -0.343 e. The van der Waals surface area contributed by atoms with Gasteiger partial charge in [-0.25, -0.2) is 4.79 Å². The summed E-state index contributed by atoms with van der Waals surface area (Å²) in [6, 6.07) is 13.8. The molecule has 3 rings (SSSR count). The van der Waals surface area contributed by atoms with Crippen LogP contribution in [0, 0.1) is 5.92 Å². The van der Waals surface area contributed by atoms with E-state index in [2.05, 4.69) is 5.32 Å². The Morgan fingerprint density at radius 2 is 1.69 bits per heavy atom. The van der Waals surface area contributed by atoms with Crippen LogP contribution in [-0.2, 0) is 4.79 Å². The van der Waals surface area contributed by atoms with Crippen LogP contribution in [0.3, 0.4) is 0 Å². The largest absolute Gasteiger partial charge is 0.343 e. The third-order valence-corrected chi connectivity index (χ3v) is 5.24. The van der Waals surface area contributed by atoms with Crippen LogP contribution in [0.4, 0.5) is 10.5 Å². The second-order valence-corrected chi connectivity index (χ2v) is 6.73. The van der Waals surface area contributed by atoms with E-state index in [-0.39, 0.29) is 17.9 Å². The molecule has 0 aliphatic carbocycles. The molecule has 1 heterocycles. The minimum absolute atomic E-state index is 0.0384. The molecule has 0 radical (unpaired) electrons. The maximum absolute atomic E-state index is 12.7. The number of anilines is 1. The molecule has 0 atom stereocenters. The number of nitrogens with zero attached hydrogens (tertiary/aromatic N) is 2. The van der Waals surface area contributed by atoms with E-state index in [4.69, 9.17) is 0 Å². The fraction of sp³-hybridized carbons (Fsp3) is 0.429. The van der Waals surface area contributed by atoms with E-state index < -0.39 is 0 Å². The van der Waals surface area contributed by atoms with Gasteiger partial charge in [-0.15, -0.1) is 0 Å². The van der Waals surface area contributed by atoms with Crippen LogP contribution in [0.25, 0.3) is 10.8 Å². The molecule has 5 heteroatoms. The summed E-state index contributed by atoms with van der Waals surface area (Å²) in [5.74, 6) is 0.264.